The molecule has 2 amide bonds. The van der Waals surface area contributed by atoms with Gasteiger partial charge < -0.3 is 19.9 Å². The number of amides is 2. The van der Waals surface area contributed by atoms with Crippen molar-refractivity contribution < 1.29 is 14.7 Å². The molecule has 2 N–H and O–H groups in total. The molecule has 2 aliphatic heterocycles. The van der Waals surface area contributed by atoms with E-state index < -0.39 is 12.0 Å². The monoisotopic (exact) mass is 467 g/mol. The molecule has 0 aromatic carbocycles. The molecule has 1 saturated carbocycles. The van der Waals surface area contributed by atoms with Crippen molar-refractivity contribution in [3.63, 3.8) is 0 Å². The molecule has 3 heterocycles. The first-order chi connectivity index (χ1) is 16.5. The van der Waals surface area contributed by atoms with Gasteiger partial charge in [0.2, 0.25) is 11.8 Å². The standard InChI is InChI=1S/C27H37N3O4/c1-2-23(32)30-22-15-29-21(13-12-19(27(29)34)18-10-6-7-11-18)25(30)24(20(22)16-31)26(33)28-14-17-8-4-3-5-9-17/h10,12-13,17,20,22,24-25,31H,2-9,11,14-16H2,1H3,(H,28,33)/t20-,22-,24+,25+/m0/s1. The Labute approximate surface area is 201 Å². The van der Waals surface area contributed by atoms with E-state index >= 15 is 0 Å². The molecule has 5 rings (SSSR count). The third-order valence-corrected chi connectivity index (χ3v) is 8.61. The summed E-state index contributed by atoms with van der Waals surface area (Å²) in [5, 5.41) is 13.5. The van der Waals surface area contributed by atoms with Crippen LogP contribution in [-0.4, -0.2) is 45.6 Å². The molecule has 34 heavy (non-hydrogen) atoms. The summed E-state index contributed by atoms with van der Waals surface area (Å²) < 4.78 is 1.78. The average Bonchev–Trinajstić information content (AvgIpc) is 3.47. The summed E-state index contributed by atoms with van der Waals surface area (Å²) in [4.78, 5) is 41.9. The van der Waals surface area contributed by atoms with Gasteiger partial charge in [0.1, 0.15) is 0 Å². The van der Waals surface area contributed by atoms with Gasteiger partial charge >= 0.3 is 0 Å². The first-order valence-corrected chi connectivity index (χ1v) is 13.2. The molecule has 184 valence electrons. The van der Waals surface area contributed by atoms with Crippen molar-refractivity contribution in [3.05, 3.63) is 39.8 Å². The Hall–Kier alpha value is -2.41. The summed E-state index contributed by atoms with van der Waals surface area (Å²) in [6.45, 7) is 2.61. The highest BCUT2D eigenvalue weighted by Gasteiger charge is 2.57. The lowest BCUT2D eigenvalue weighted by Gasteiger charge is -2.38. The maximum atomic E-state index is 13.6. The van der Waals surface area contributed by atoms with E-state index in [-0.39, 0.29) is 35.9 Å². The summed E-state index contributed by atoms with van der Waals surface area (Å²) in [5.74, 6) is -0.581. The summed E-state index contributed by atoms with van der Waals surface area (Å²) in [6, 6.07) is 2.94. The van der Waals surface area contributed by atoms with Crippen LogP contribution in [0.4, 0.5) is 0 Å². The largest absolute Gasteiger partial charge is 0.396 e. The van der Waals surface area contributed by atoms with Gasteiger partial charge in [0.05, 0.1) is 18.0 Å². The number of hydrogen-bond donors (Lipinski definition) is 2. The van der Waals surface area contributed by atoms with Crippen LogP contribution < -0.4 is 10.9 Å². The zero-order valence-corrected chi connectivity index (χ0v) is 20.2. The third-order valence-electron chi connectivity index (χ3n) is 8.61. The first kappa shape index (κ1) is 23.3. The second-order valence-electron chi connectivity index (χ2n) is 10.5. The molecule has 7 nitrogen and oxygen atoms in total. The van der Waals surface area contributed by atoms with Gasteiger partial charge in [0.25, 0.3) is 5.56 Å². The molecule has 2 bridgehead atoms. The van der Waals surface area contributed by atoms with Gasteiger partial charge in [-0.2, -0.15) is 0 Å². The van der Waals surface area contributed by atoms with E-state index in [2.05, 4.69) is 11.4 Å². The highest BCUT2D eigenvalue weighted by molar-refractivity contribution is 5.84. The van der Waals surface area contributed by atoms with Crippen LogP contribution in [0.15, 0.2) is 23.0 Å². The molecular formula is C27H37N3O4. The number of hydrogen-bond acceptors (Lipinski definition) is 4. The second kappa shape index (κ2) is 9.68. The quantitative estimate of drug-likeness (QED) is 0.673. The van der Waals surface area contributed by atoms with Gasteiger partial charge in [-0.05, 0) is 55.7 Å². The lowest BCUT2D eigenvalue weighted by molar-refractivity contribution is -0.136. The number of nitrogens with one attached hydrogen (secondary N) is 1. The number of aliphatic hydroxyl groups is 1. The van der Waals surface area contributed by atoms with Gasteiger partial charge in [-0.25, -0.2) is 0 Å². The van der Waals surface area contributed by atoms with Crippen molar-refractivity contribution >= 4 is 17.4 Å². The number of aromatic nitrogens is 1. The summed E-state index contributed by atoms with van der Waals surface area (Å²) in [6.07, 6.45) is 11.4. The normalized spacial score (nSPS) is 28.5. The minimum atomic E-state index is -0.557. The van der Waals surface area contributed by atoms with E-state index in [1.54, 1.807) is 9.47 Å². The molecule has 4 aliphatic rings. The lowest BCUT2D eigenvalue weighted by atomic mass is 9.85. The van der Waals surface area contributed by atoms with E-state index in [0.717, 1.165) is 48.9 Å². The van der Waals surface area contributed by atoms with Crippen LogP contribution in [0.2, 0.25) is 0 Å². The summed E-state index contributed by atoms with van der Waals surface area (Å²) in [5.41, 5.74) is 2.51. The minimum Gasteiger partial charge on any atom is -0.396 e. The molecule has 0 spiro atoms. The van der Waals surface area contributed by atoms with E-state index in [1.807, 2.05) is 19.1 Å². The average molecular weight is 468 g/mol. The number of pyridine rings is 1. The van der Waals surface area contributed by atoms with Crippen molar-refractivity contribution in [3.8, 4) is 0 Å². The Morgan fingerprint density at radius 3 is 2.62 bits per heavy atom. The lowest BCUT2D eigenvalue weighted by Crippen LogP contribution is -2.49. The third kappa shape index (κ3) is 3.92. The van der Waals surface area contributed by atoms with Gasteiger partial charge in [-0.3, -0.25) is 14.4 Å². The smallest absolute Gasteiger partial charge is 0.258 e. The number of fused-ring (bicyclic) bond motifs is 4. The van der Waals surface area contributed by atoms with E-state index in [9.17, 15) is 19.5 Å². The fraction of sp³-hybridized carbons (Fsp3) is 0.667. The zero-order chi connectivity index (χ0) is 23.8. The van der Waals surface area contributed by atoms with Crippen LogP contribution in [0.5, 0.6) is 0 Å². The van der Waals surface area contributed by atoms with Crippen molar-refractivity contribution in [2.75, 3.05) is 13.2 Å². The molecule has 4 atom stereocenters. The maximum Gasteiger partial charge on any atom is 0.258 e. The molecule has 0 radical (unpaired) electrons. The summed E-state index contributed by atoms with van der Waals surface area (Å²) in [7, 11) is 0. The van der Waals surface area contributed by atoms with Crippen LogP contribution >= 0.6 is 0 Å². The molecule has 2 fully saturated rings. The Balaban J connectivity index is 1.50. The number of nitrogens with zero attached hydrogens (tertiary/aromatic N) is 2. The molecule has 0 unspecified atom stereocenters. The fourth-order valence-electron chi connectivity index (χ4n) is 6.84. The topological polar surface area (TPSA) is 91.6 Å². The number of allylic oxidation sites excluding steroid dienone is 2. The van der Waals surface area contributed by atoms with Crippen molar-refractivity contribution in [2.24, 2.45) is 17.8 Å². The SMILES string of the molecule is CCC(=O)N1[C@@H]2c3ccc(C4=CCCC4)c(=O)n3C[C@H]1[C@H](CO)[C@H]2C(=O)NCC1CCCCC1. The van der Waals surface area contributed by atoms with Crippen LogP contribution in [-0.2, 0) is 16.1 Å². The number of carbonyl (C=O) groups is 2. The Morgan fingerprint density at radius 2 is 1.94 bits per heavy atom. The van der Waals surface area contributed by atoms with Gasteiger partial charge in [-0.15, -0.1) is 0 Å². The van der Waals surface area contributed by atoms with Crippen LogP contribution in [0.25, 0.3) is 5.57 Å². The summed E-state index contributed by atoms with van der Waals surface area (Å²) >= 11 is 0. The van der Waals surface area contributed by atoms with Crippen LogP contribution in [0.1, 0.15) is 82.0 Å². The van der Waals surface area contributed by atoms with Crippen LogP contribution in [0.3, 0.4) is 0 Å². The molecule has 7 heteroatoms. The number of rotatable bonds is 6. The molecule has 1 aromatic heterocycles. The fourth-order valence-corrected chi connectivity index (χ4v) is 6.84. The van der Waals surface area contributed by atoms with Crippen molar-refractivity contribution in [2.45, 2.75) is 83.3 Å². The van der Waals surface area contributed by atoms with Gasteiger partial charge in [0, 0.05) is 43.3 Å². The van der Waals surface area contributed by atoms with Gasteiger partial charge in [0.15, 0.2) is 0 Å². The molecule has 2 aliphatic carbocycles. The Bertz CT molecular complexity index is 1040. The van der Waals surface area contributed by atoms with Crippen molar-refractivity contribution in [1.82, 2.24) is 14.8 Å². The van der Waals surface area contributed by atoms with Crippen molar-refractivity contribution in [1.29, 1.82) is 0 Å². The maximum absolute atomic E-state index is 13.6. The Morgan fingerprint density at radius 1 is 1.15 bits per heavy atom. The number of carbonyl (C=O) groups excluding carboxylic acids is 2. The minimum absolute atomic E-state index is 0.0303. The zero-order valence-electron chi connectivity index (χ0n) is 20.2. The highest BCUT2D eigenvalue weighted by Crippen LogP contribution is 2.48. The molecule has 1 aromatic rings. The Kier molecular flexibility index (Phi) is 6.65. The molecule has 1 saturated heterocycles. The first-order valence-electron chi connectivity index (χ1n) is 13.2. The molecular weight excluding hydrogens is 430 g/mol. The second-order valence-corrected chi connectivity index (χ2v) is 10.5. The van der Waals surface area contributed by atoms with E-state index in [4.69, 9.17) is 0 Å². The number of aliphatic hydroxyl groups excluding tert-OH is 1. The highest BCUT2D eigenvalue weighted by atomic mass is 16.3. The van der Waals surface area contributed by atoms with E-state index in [1.165, 1.54) is 19.3 Å². The predicted molar refractivity (Wildman–Crippen MR) is 130 cm³/mol. The van der Waals surface area contributed by atoms with E-state index in [0.29, 0.717) is 25.4 Å². The predicted octanol–water partition coefficient (Wildman–Crippen LogP) is 3.01. The van der Waals surface area contributed by atoms with Crippen LogP contribution in [0, 0.1) is 17.8 Å². The van der Waals surface area contributed by atoms with Gasteiger partial charge in [-0.1, -0.05) is 32.3 Å².